The Hall–Kier alpha value is -1.38. The fourth-order valence-electron chi connectivity index (χ4n) is 0.871. The SMILES string of the molecule is C=C1NC(=C)N(C)C(=C)N1C. The van der Waals surface area contributed by atoms with Crippen molar-refractivity contribution in [2.75, 3.05) is 14.1 Å². The van der Waals surface area contributed by atoms with E-state index in [1.54, 1.807) is 0 Å². The number of hydrogen-bond acceptors (Lipinski definition) is 3. The average Bonchev–Trinajstić information content (AvgIpc) is 1.97. The highest BCUT2D eigenvalue weighted by Crippen LogP contribution is 2.18. The molecule has 0 aromatic heterocycles. The van der Waals surface area contributed by atoms with Crippen molar-refractivity contribution in [3.8, 4) is 0 Å². The standard InChI is InChI=1S/C8H13N3/c1-6-9-7(2)11(5)8(3)10(6)4/h9H,1-3H2,4-5H3. The van der Waals surface area contributed by atoms with Gasteiger partial charge in [-0.1, -0.05) is 19.7 Å². The zero-order valence-corrected chi connectivity index (χ0v) is 7.02. The van der Waals surface area contributed by atoms with Crippen LogP contribution in [-0.4, -0.2) is 23.9 Å². The molecule has 60 valence electrons. The minimum atomic E-state index is 0.804. The van der Waals surface area contributed by atoms with Crippen LogP contribution in [-0.2, 0) is 0 Å². The van der Waals surface area contributed by atoms with E-state index in [9.17, 15) is 0 Å². The van der Waals surface area contributed by atoms with Crippen LogP contribution in [0, 0.1) is 0 Å². The van der Waals surface area contributed by atoms with Gasteiger partial charge in [0.2, 0.25) is 0 Å². The van der Waals surface area contributed by atoms with E-state index >= 15 is 0 Å². The van der Waals surface area contributed by atoms with Crippen molar-refractivity contribution in [3.63, 3.8) is 0 Å². The second kappa shape index (κ2) is 2.34. The van der Waals surface area contributed by atoms with Gasteiger partial charge in [0, 0.05) is 14.1 Å². The first-order valence-electron chi connectivity index (χ1n) is 3.35. The van der Waals surface area contributed by atoms with Crippen molar-refractivity contribution in [2.45, 2.75) is 0 Å². The zero-order chi connectivity index (χ0) is 8.59. The van der Waals surface area contributed by atoms with Crippen molar-refractivity contribution in [1.82, 2.24) is 15.1 Å². The molecule has 0 amide bonds. The minimum Gasteiger partial charge on any atom is -0.329 e. The molecule has 0 saturated carbocycles. The van der Waals surface area contributed by atoms with Gasteiger partial charge < -0.3 is 15.1 Å². The van der Waals surface area contributed by atoms with E-state index in [2.05, 4.69) is 25.1 Å². The van der Waals surface area contributed by atoms with Crippen molar-refractivity contribution in [1.29, 1.82) is 0 Å². The molecule has 3 nitrogen and oxygen atoms in total. The Balaban J connectivity index is 2.87. The van der Waals surface area contributed by atoms with Crippen LogP contribution in [0.25, 0.3) is 0 Å². The molecule has 1 fully saturated rings. The molecule has 0 radical (unpaired) electrons. The molecule has 3 heteroatoms. The Morgan fingerprint density at radius 3 is 1.73 bits per heavy atom. The highest BCUT2D eigenvalue weighted by Gasteiger charge is 2.18. The van der Waals surface area contributed by atoms with Crippen LogP contribution in [0.1, 0.15) is 0 Å². The van der Waals surface area contributed by atoms with E-state index in [1.807, 2.05) is 23.9 Å². The summed E-state index contributed by atoms with van der Waals surface area (Å²) in [5.74, 6) is 2.48. The van der Waals surface area contributed by atoms with Crippen molar-refractivity contribution < 1.29 is 0 Å². The molecule has 1 aliphatic heterocycles. The second-order valence-corrected chi connectivity index (χ2v) is 2.55. The second-order valence-electron chi connectivity index (χ2n) is 2.55. The van der Waals surface area contributed by atoms with Gasteiger partial charge in [0.25, 0.3) is 0 Å². The largest absolute Gasteiger partial charge is 0.329 e. The van der Waals surface area contributed by atoms with Gasteiger partial charge in [0.15, 0.2) is 0 Å². The monoisotopic (exact) mass is 151 g/mol. The van der Waals surface area contributed by atoms with Crippen LogP contribution in [0.5, 0.6) is 0 Å². The van der Waals surface area contributed by atoms with Crippen molar-refractivity contribution >= 4 is 0 Å². The van der Waals surface area contributed by atoms with Gasteiger partial charge in [0.1, 0.15) is 17.5 Å². The molecule has 1 rings (SSSR count). The lowest BCUT2D eigenvalue weighted by Crippen LogP contribution is -2.42. The molecular formula is C8H13N3. The van der Waals surface area contributed by atoms with Crippen LogP contribution in [0.15, 0.2) is 37.2 Å². The maximum absolute atomic E-state index is 3.87. The summed E-state index contributed by atoms with van der Waals surface area (Å²) in [6.07, 6.45) is 0. The third-order valence-corrected chi connectivity index (χ3v) is 1.87. The summed E-state index contributed by atoms with van der Waals surface area (Å²) < 4.78 is 0. The van der Waals surface area contributed by atoms with E-state index in [1.165, 1.54) is 0 Å². The fourth-order valence-corrected chi connectivity index (χ4v) is 0.871. The van der Waals surface area contributed by atoms with E-state index in [-0.39, 0.29) is 0 Å². The van der Waals surface area contributed by atoms with Crippen LogP contribution in [0.4, 0.5) is 0 Å². The first-order chi connectivity index (χ1) is 5.04. The molecular weight excluding hydrogens is 138 g/mol. The average molecular weight is 151 g/mol. The maximum Gasteiger partial charge on any atom is 0.107 e. The Morgan fingerprint density at radius 2 is 1.36 bits per heavy atom. The topological polar surface area (TPSA) is 18.5 Å². The zero-order valence-electron chi connectivity index (χ0n) is 7.02. The molecule has 0 bridgehead atoms. The summed E-state index contributed by atoms with van der Waals surface area (Å²) in [6.45, 7) is 11.5. The first-order valence-corrected chi connectivity index (χ1v) is 3.35. The third-order valence-electron chi connectivity index (χ3n) is 1.87. The van der Waals surface area contributed by atoms with E-state index in [4.69, 9.17) is 0 Å². The van der Waals surface area contributed by atoms with E-state index < -0.39 is 0 Å². The highest BCUT2D eigenvalue weighted by molar-refractivity contribution is 5.18. The molecule has 0 unspecified atom stereocenters. The Bertz CT molecular complexity index is 207. The Morgan fingerprint density at radius 1 is 1.00 bits per heavy atom. The van der Waals surface area contributed by atoms with Gasteiger partial charge in [-0.2, -0.15) is 0 Å². The van der Waals surface area contributed by atoms with Gasteiger partial charge in [-0.25, -0.2) is 0 Å². The van der Waals surface area contributed by atoms with Crippen LogP contribution >= 0.6 is 0 Å². The van der Waals surface area contributed by atoms with Crippen LogP contribution in [0.3, 0.4) is 0 Å². The van der Waals surface area contributed by atoms with Crippen molar-refractivity contribution in [2.24, 2.45) is 0 Å². The van der Waals surface area contributed by atoms with E-state index in [0.717, 1.165) is 17.5 Å². The molecule has 0 aliphatic carbocycles. The van der Waals surface area contributed by atoms with E-state index in [0.29, 0.717) is 0 Å². The molecule has 1 heterocycles. The molecule has 1 aliphatic rings. The molecule has 1 saturated heterocycles. The number of nitrogens with one attached hydrogen (secondary N) is 1. The predicted molar refractivity (Wildman–Crippen MR) is 46.1 cm³/mol. The minimum absolute atomic E-state index is 0.804. The molecule has 11 heavy (non-hydrogen) atoms. The molecule has 0 aromatic carbocycles. The fraction of sp³-hybridized carbons (Fsp3) is 0.250. The Kier molecular flexibility index (Phi) is 1.64. The van der Waals surface area contributed by atoms with Gasteiger partial charge in [-0.05, 0) is 0 Å². The summed E-state index contributed by atoms with van der Waals surface area (Å²) in [4.78, 5) is 3.74. The summed E-state index contributed by atoms with van der Waals surface area (Å²) in [6, 6.07) is 0. The number of hydrogen-bond donors (Lipinski definition) is 1. The molecule has 0 spiro atoms. The molecule has 0 aromatic rings. The first kappa shape index (κ1) is 7.72. The lowest BCUT2D eigenvalue weighted by atomic mass is 10.4. The smallest absolute Gasteiger partial charge is 0.107 e. The summed E-state index contributed by atoms with van der Waals surface area (Å²) in [7, 11) is 3.81. The van der Waals surface area contributed by atoms with Crippen molar-refractivity contribution in [3.05, 3.63) is 37.2 Å². The van der Waals surface area contributed by atoms with Gasteiger partial charge in [0.05, 0.1) is 0 Å². The van der Waals surface area contributed by atoms with Gasteiger partial charge in [-0.3, -0.25) is 0 Å². The maximum atomic E-state index is 3.87. The lowest BCUT2D eigenvalue weighted by Gasteiger charge is -2.38. The summed E-state index contributed by atoms with van der Waals surface area (Å²) >= 11 is 0. The third kappa shape index (κ3) is 1.09. The summed E-state index contributed by atoms with van der Waals surface area (Å²) in [5.41, 5.74) is 0. The number of rotatable bonds is 0. The summed E-state index contributed by atoms with van der Waals surface area (Å²) in [5, 5.41) is 3.01. The lowest BCUT2D eigenvalue weighted by molar-refractivity contribution is 0.287. The van der Waals surface area contributed by atoms with Gasteiger partial charge in [-0.15, -0.1) is 0 Å². The normalized spacial score (nSPS) is 18.9. The molecule has 1 N–H and O–H groups in total. The quantitative estimate of drug-likeness (QED) is 0.554. The predicted octanol–water partition coefficient (Wildman–Crippen LogP) is 0.867. The molecule has 0 atom stereocenters. The Labute approximate surface area is 67.3 Å². The highest BCUT2D eigenvalue weighted by atomic mass is 15.4. The van der Waals surface area contributed by atoms with Gasteiger partial charge >= 0.3 is 0 Å². The number of nitrogens with zero attached hydrogens (tertiary/aromatic N) is 2. The van der Waals surface area contributed by atoms with Crippen LogP contribution < -0.4 is 5.32 Å². The van der Waals surface area contributed by atoms with Crippen LogP contribution in [0.2, 0.25) is 0 Å².